The number of sulfone groups is 1. The fourth-order valence-electron chi connectivity index (χ4n) is 3.19. The van der Waals surface area contributed by atoms with Gasteiger partial charge in [0.15, 0.2) is 9.84 Å². The van der Waals surface area contributed by atoms with Crippen molar-refractivity contribution in [3.63, 3.8) is 0 Å². The highest BCUT2D eigenvalue weighted by Gasteiger charge is 2.25. The van der Waals surface area contributed by atoms with E-state index < -0.39 is 9.84 Å². The van der Waals surface area contributed by atoms with Gasteiger partial charge in [-0.25, -0.2) is 8.42 Å². The van der Waals surface area contributed by atoms with Gasteiger partial charge in [-0.15, -0.1) is 0 Å². The zero-order valence-electron chi connectivity index (χ0n) is 15.7. The van der Waals surface area contributed by atoms with Gasteiger partial charge in [0.05, 0.1) is 10.6 Å². The van der Waals surface area contributed by atoms with Crippen LogP contribution in [0.3, 0.4) is 0 Å². The first-order chi connectivity index (χ1) is 13.2. The highest BCUT2D eigenvalue weighted by atomic mass is 79.9. The maximum atomic E-state index is 12.6. The number of amides is 2. The van der Waals surface area contributed by atoms with Crippen LogP contribution >= 0.6 is 15.9 Å². The average Bonchev–Trinajstić information content (AvgIpc) is 3.07. The Morgan fingerprint density at radius 3 is 2.61 bits per heavy atom. The van der Waals surface area contributed by atoms with E-state index in [-0.39, 0.29) is 28.9 Å². The standard InChI is InChI=1S/C20H21BrN2O4S/c1-13-11-16(3-5-18(13)21)22-20(25)8-10-28(26,27)17-4-6-19-15(12-17)7-9-23(19)14(2)24/h3-6,11-12H,7-10H2,1-2H3,(H,22,25). The summed E-state index contributed by atoms with van der Waals surface area (Å²) in [5.41, 5.74) is 3.20. The highest BCUT2D eigenvalue weighted by molar-refractivity contribution is 9.10. The van der Waals surface area contributed by atoms with Crippen molar-refractivity contribution in [2.24, 2.45) is 0 Å². The molecule has 0 aromatic heterocycles. The number of nitrogens with zero attached hydrogens (tertiary/aromatic N) is 1. The summed E-state index contributed by atoms with van der Waals surface area (Å²) >= 11 is 3.40. The minimum atomic E-state index is -3.59. The Balaban J connectivity index is 1.66. The number of hydrogen-bond acceptors (Lipinski definition) is 4. The van der Waals surface area contributed by atoms with Crippen LogP contribution in [0.1, 0.15) is 24.5 Å². The fraction of sp³-hybridized carbons (Fsp3) is 0.300. The molecule has 0 saturated heterocycles. The molecule has 0 spiro atoms. The number of nitrogens with one attached hydrogen (secondary N) is 1. The number of hydrogen-bond donors (Lipinski definition) is 1. The second kappa shape index (κ2) is 8.05. The summed E-state index contributed by atoms with van der Waals surface area (Å²) in [5.74, 6) is -0.688. The van der Waals surface area contributed by atoms with E-state index >= 15 is 0 Å². The summed E-state index contributed by atoms with van der Waals surface area (Å²) in [5, 5.41) is 2.73. The Labute approximate surface area is 173 Å². The Morgan fingerprint density at radius 1 is 1.18 bits per heavy atom. The first-order valence-corrected chi connectivity index (χ1v) is 11.3. The van der Waals surface area contributed by atoms with E-state index in [0.29, 0.717) is 18.7 Å². The summed E-state index contributed by atoms with van der Waals surface area (Å²) in [4.78, 5) is 25.6. The SMILES string of the molecule is CC(=O)N1CCc2cc(S(=O)(=O)CCC(=O)Nc3ccc(Br)c(C)c3)ccc21. The van der Waals surface area contributed by atoms with Gasteiger partial charge in [-0.1, -0.05) is 15.9 Å². The number of carbonyl (C=O) groups is 2. The van der Waals surface area contributed by atoms with Crippen molar-refractivity contribution in [2.75, 3.05) is 22.5 Å². The number of anilines is 2. The molecule has 0 radical (unpaired) electrons. The Hall–Kier alpha value is -2.19. The van der Waals surface area contributed by atoms with Crippen molar-refractivity contribution in [3.05, 3.63) is 52.0 Å². The molecule has 2 amide bonds. The summed E-state index contributed by atoms with van der Waals surface area (Å²) in [7, 11) is -3.59. The largest absolute Gasteiger partial charge is 0.326 e. The van der Waals surface area contributed by atoms with Crippen molar-refractivity contribution in [1.29, 1.82) is 0 Å². The minimum Gasteiger partial charge on any atom is -0.326 e. The van der Waals surface area contributed by atoms with Crippen LogP contribution in [0.5, 0.6) is 0 Å². The monoisotopic (exact) mass is 464 g/mol. The maximum absolute atomic E-state index is 12.6. The van der Waals surface area contributed by atoms with E-state index in [9.17, 15) is 18.0 Å². The molecule has 0 atom stereocenters. The van der Waals surface area contributed by atoms with Gasteiger partial charge in [-0.3, -0.25) is 9.59 Å². The van der Waals surface area contributed by atoms with E-state index in [1.807, 2.05) is 19.1 Å². The molecule has 0 fully saturated rings. The van der Waals surface area contributed by atoms with Crippen LogP contribution in [0.4, 0.5) is 11.4 Å². The second-order valence-electron chi connectivity index (χ2n) is 6.79. The van der Waals surface area contributed by atoms with Gasteiger partial charge in [0.2, 0.25) is 11.8 Å². The van der Waals surface area contributed by atoms with Crippen LogP contribution in [0, 0.1) is 6.92 Å². The second-order valence-corrected chi connectivity index (χ2v) is 9.76. The lowest BCUT2D eigenvalue weighted by Gasteiger charge is -2.15. The lowest BCUT2D eigenvalue weighted by molar-refractivity contribution is -0.117. The average molecular weight is 465 g/mol. The van der Waals surface area contributed by atoms with E-state index in [1.165, 1.54) is 13.0 Å². The molecule has 2 aromatic carbocycles. The molecule has 1 N–H and O–H groups in total. The van der Waals surface area contributed by atoms with Crippen molar-refractivity contribution in [1.82, 2.24) is 0 Å². The Morgan fingerprint density at radius 2 is 1.93 bits per heavy atom. The molecule has 0 aliphatic carbocycles. The van der Waals surface area contributed by atoms with Gasteiger partial charge in [-0.05, 0) is 60.9 Å². The Kier molecular flexibility index (Phi) is 5.90. The molecule has 2 aromatic rings. The van der Waals surface area contributed by atoms with Crippen molar-refractivity contribution < 1.29 is 18.0 Å². The van der Waals surface area contributed by atoms with Gasteiger partial charge in [0.1, 0.15) is 0 Å². The third kappa shape index (κ3) is 4.44. The van der Waals surface area contributed by atoms with Gasteiger partial charge in [0.25, 0.3) is 0 Å². The maximum Gasteiger partial charge on any atom is 0.225 e. The number of halogens is 1. The third-order valence-electron chi connectivity index (χ3n) is 4.73. The van der Waals surface area contributed by atoms with Crippen LogP contribution in [-0.4, -0.2) is 32.5 Å². The van der Waals surface area contributed by atoms with E-state index in [2.05, 4.69) is 21.2 Å². The topological polar surface area (TPSA) is 83.6 Å². The molecule has 1 aliphatic rings. The number of fused-ring (bicyclic) bond motifs is 1. The summed E-state index contributed by atoms with van der Waals surface area (Å²) < 4.78 is 26.2. The van der Waals surface area contributed by atoms with Crippen LogP contribution in [0.15, 0.2) is 45.8 Å². The molecule has 3 rings (SSSR count). The molecule has 0 bridgehead atoms. The quantitative estimate of drug-likeness (QED) is 0.733. The van der Waals surface area contributed by atoms with Crippen molar-refractivity contribution in [2.45, 2.75) is 31.6 Å². The first kappa shape index (κ1) is 20.5. The molecular formula is C20H21BrN2O4S. The zero-order valence-corrected chi connectivity index (χ0v) is 18.1. The van der Waals surface area contributed by atoms with Crippen LogP contribution < -0.4 is 10.2 Å². The molecule has 0 unspecified atom stereocenters. The number of carbonyl (C=O) groups excluding carboxylic acids is 2. The number of benzene rings is 2. The highest BCUT2D eigenvalue weighted by Crippen LogP contribution is 2.30. The van der Waals surface area contributed by atoms with Crippen LogP contribution in [-0.2, 0) is 25.8 Å². The van der Waals surface area contributed by atoms with Crippen molar-refractivity contribution in [3.8, 4) is 0 Å². The summed E-state index contributed by atoms with van der Waals surface area (Å²) in [6.45, 7) is 3.96. The van der Waals surface area contributed by atoms with Crippen molar-refractivity contribution >= 4 is 49.0 Å². The molecule has 1 heterocycles. The van der Waals surface area contributed by atoms with E-state index in [4.69, 9.17) is 0 Å². The first-order valence-electron chi connectivity index (χ1n) is 8.87. The predicted octanol–water partition coefficient (Wildman–Crippen LogP) is 3.47. The lowest BCUT2D eigenvalue weighted by atomic mass is 10.2. The minimum absolute atomic E-state index is 0.0609. The van der Waals surface area contributed by atoms with E-state index in [0.717, 1.165) is 21.3 Å². The van der Waals surface area contributed by atoms with E-state index in [1.54, 1.807) is 23.1 Å². The fourth-order valence-corrected chi connectivity index (χ4v) is 4.72. The Bertz CT molecular complexity index is 1050. The van der Waals surface area contributed by atoms with Gasteiger partial charge >= 0.3 is 0 Å². The van der Waals surface area contributed by atoms with Crippen LogP contribution in [0.2, 0.25) is 0 Å². The summed E-state index contributed by atoms with van der Waals surface area (Å²) in [6.07, 6.45) is 0.496. The molecule has 1 aliphatic heterocycles. The molecule has 8 heteroatoms. The molecule has 148 valence electrons. The molecule has 6 nitrogen and oxygen atoms in total. The van der Waals surface area contributed by atoms with Gasteiger partial charge < -0.3 is 10.2 Å². The number of rotatable bonds is 5. The van der Waals surface area contributed by atoms with Gasteiger partial charge in [0, 0.05) is 35.7 Å². The van der Waals surface area contributed by atoms with Crippen LogP contribution in [0.25, 0.3) is 0 Å². The predicted molar refractivity (Wildman–Crippen MR) is 112 cm³/mol. The zero-order chi connectivity index (χ0) is 20.5. The smallest absolute Gasteiger partial charge is 0.225 e. The molecular weight excluding hydrogens is 444 g/mol. The number of aryl methyl sites for hydroxylation is 1. The normalized spacial score (nSPS) is 13.3. The van der Waals surface area contributed by atoms with Gasteiger partial charge in [-0.2, -0.15) is 0 Å². The molecule has 0 saturated carbocycles. The summed E-state index contributed by atoms with van der Waals surface area (Å²) in [6, 6.07) is 10.2. The third-order valence-corrected chi connectivity index (χ3v) is 7.33. The molecule has 28 heavy (non-hydrogen) atoms. The lowest BCUT2D eigenvalue weighted by Crippen LogP contribution is -2.25.